The summed E-state index contributed by atoms with van der Waals surface area (Å²) >= 11 is 0. The molecular formula is C26H20N2O5. The molecule has 0 radical (unpaired) electrons. The molecule has 0 aromatic heterocycles. The summed E-state index contributed by atoms with van der Waals surface area (Å²) in [5.74, 6) is -1.74. The minimum Gasteiger partial charge on any atom is -0.452 e. The van der Waals surface area contributed by atoms with Gasteiger partial charge in [-0.05, 0) is 60.9 Å². The van der Waals surface area contributed by atoms with Crippen molar-refractivity contribution >= 4 is 35.1 Å². The van der Waals surface area contributed by atoms with E-state index in [0.717, 1.165) is 29.0 Å². The van der Waals surface area contributed by atoms with Gasteiger partial charge in [-0.2, -0.15) is 0 Å². The number of esters is 1. The predicted molar refractivity (Wildman–Crippen MR) is 121 cm³/mol. The van der Waals surface area contributed by atoms with Gasteiger partial charge in [-0.15, -0.1) is 0 Å². The maximum Gasteiger partial charge on any atom is 0.338 e. The first-order valence-electron chi connectivity index (χ1n) is 10.7. The van der Waals surface area contributed by atoms with Crippen LogP contribution in [-0.4, -0.2) is 36.8 Å². The van der Waals surface area contributed by atoms with Gasteiger partial charge in [0.05, 0.1) is 22.4 Å². The van der Waals surface area contributed by atoms with Gasteiger partial charge in [-0.25, -0.2) is 9.69 Å². The number of carbonyl (C=O) groups excluding carboxylic acids is 4. The molecule has 2 heterocycles. The highest BCUT2D eigenvalue weighted by atomic mass is 16.5. The summed E-state index contributed by atoms with van der Waals surface area (Å²) in [4.78, 5) is 53.1. The second-order valence-corrected chi connectivity index (χ2v) is 7.89. The summed E-state index contributed by atoms with van der Waals surface area (Å²) in [6.45, 7) is 0.218. The molecule has 7 nitrogen and oxygen atoms in total. The normalized spacial score (nSPS) is 14.7. The Morgan fingerprint density at radius 2 is 1.45 bits per heavy atom. The fraction of sp³-hybridized carbons (Fsp3) is 0.154. The van der Waals surface area contributed by atoms with Gasteiger partial charge in [-0.1, -0.05) is 30.3 Å². The third-order valence-corrected chi connectivity index (χ3v) is 5.89. The number of carbonyl (C=O) groups is 4. The maximum atomic E-state index is 12.7. The maximum absolute atomic E-state index is 12.7. The van der Waals surface area contributed by atoms with E-state index < -0.39 is 17.8 Å². The Morgan fingerprint density at radius 3 is 2.15 bits per heavy atom. The first kappa shape index (κ1) is 20.6. The van der Waals surface area contributed by atoms with Gasteiger partial charge < -0.3 is 9.64 Å². The zero-order chi connectivity index (χ0) is 22.9. The van der Waals surface area contributed by atoms with Crippen LogP contribution in [0.1, 0.15) is 43.1 Å². The monoisotopic (exact) mass is 440 g/mol. The lowest BCUT2D eigenvalue weighted by Crippen LogP contribution is -2.38. The van der Waals surface area contributed by atoms with Crippen molar-refractivity contribution < 1.29 is 23.9 Å². The van der Waals surface area contributed by atoms with E-state index in [1.807, 2.05) is 24.3 Å². The molecule has 33 heavy (non-hydrogen) atoms. The molecule has 3 aromatic rings. The predicted octanol–water partition coefficient (Wildman–Crippen LogP) is 3.62. The Kier molecular flexibility index (Phi) is 5.22. The van der Waals surface area contributed by atoms with Gasteiger partial charge in [0.15, 0.2) is 6.61 Å². The van der Waals surface area contributed by atoms with Crippen LogP contribution in [0.2, 0.25) is 0 Å². The molecule has 0 N–H and O–H groups in total. The van der Waals surface area contributed by atoms with E-state index in [1.54, 1.807) is 29.2 Å². The molecule has 0 fully saturated rings. The quantitative estimate of drug-likeness (QED) is 0.457. The van der Waals surface area contributed by atoms with Gasteiger partial charge in [-0.3, -0.25) is 14.4 Å². The van der Waals surface area contributed by atoms with Gasteiger partial charge in [0.2, 0.25) is 0 Å². The highest BCUT2D eigenvalue weighted by Gasteiger charge is 2.36. The van der Waals surface area contributed by atoms with E-state index in [0.29, 0.717) is 23.4 Å². The average molecular weight is 440 g/mol. The van der Waals surface area contributed by atoms with Gasteiger partial charge in [0, 0.05) is 12.2 Å². The standard InChI is InChI=1S/C26H20N2O5/c29-23(27-15-5-7-17-6-1-4-10-22(17)27)16-33-26(32)18-11-13-19(14-12-18)28-24(30)20-8-2-3-9-21(20)25(28)31/h1-4,6,8-14H,5,7,15-16H2. The minimum atomic E-state index is -0.650. The number of fused-ring (bicyclic) bond motifs is 2. The Bertz CT molecular complexity index is 1250. The number of anilines is 2. The molecule has 0 atom stereocenters. The summed E-state index contributed by atoms with van der Waals surface area (Å²) in [7, 11) is 0. The van der Waals surface area contributed by atoms with Crippen molar-refractivity contribution in [2.45, 2.75) is 12.8 Å². The molecule has 0 bridgehead atoms. The Hall–Kier alpha value is -4.26. The summed E-state index contributed by atoms with van der Waals surface area (Å²) in [5.41, 5.74) is 3.25. The largest absolute Gasteiger partial charge is 0.452 e. The topological polar surface area (TPSA) is 84.0 Å². The molecule has 2 aliphatic rings. The van der Waals surface area contributed by atoms with Crippen LogP contribution in [-0.2, 0) is 16.0 Å². The Morgan fingerprint density at radius 1 is 0.818 bits per heavy atom. The van der Waals surface area contributed by atoms with Crippen LogP contribution in [0, 0.1) is 0 Å². The van der Waals surface area contributed by atoms with Crippen LogP contribution in [0.3, 0.4) is 0 Å². The van der Waals surface area contributed by atoms with E-state index >= 15 is 0 Å². The Balaban J connectivity index is 1.24. The molecule has 2 aliphatic heterocycles. The molecule has 0 aliphatic carbocycles. The zero-order valence-electron chi connectivity index (χ0n) is 17.7. The second-order valence-electron chi connectivity index (χ2n) is 7.89. The molecular weight excluding hydrogens is 420 g/mol. The molecule has 0 saturated carbocycles. The van der Waals surface area contributed by atoms with Crippen molar-refractivity contribution in [1.29, 1.82) is 0 Å². The molecule has 5 rings (SSSR count). The van der Waals surface area contributed by atoms with E-state index in [4.69, 9.17) is 4.74 Å². The van der Waals surface area contributed by atoms with Crippen molar-refractivity contribution in [3.05, 3.63) is 95.1 Å². The van der Waals surface area contributed by atoms with Crippen LogP contribution in [0.5, 0.6) is 0 Å². The molecule has 3 amide bonds. The van der Waals surface area contributed by atoms with E-state index in [9.17, 15) is 19.2 Å². The molecule has 3 aromatic carbocycles. The van der Waals surface area contributed by atoms with Crippen LogP contribution in [0.4, 0.5) is 11.4 Å². The zero-order valence-corrected chi connectivity index (χ0v) is 17.7. The number of ether oxygens (including phenoxy) is 1. The molecule has 7 heteroatoms. The summed E-state index contributed by atoms with van der Waals surface area (Å²) in [6.07, 6.45) is 1.77. The SMILES string of the molecule is O=C(OCC(=O)N1CCCc2ccccc21)c1ccc(N2C(=O)c3ccccc3C2=O)cc1. The van der Waals surface area contributed by atoms with Crippen molar-refractivity contribution in [1.82, 2.24) is 0 Å². The van der Waals surface area contributed by atoms with E-state index in [1.165, 1.54) is 24.3 Å². The van der Waals surface area contributed by atoms with E-state index in [2.05, 4.69) is 0 Å². The highest BCUT2D eigenvalue weighted by molar-refractivity contribution is 6.34. The first-order chi connectivity index (χ1) is 16.0. The average Bonchev–Trinajstić information content (AvgIpc) is 3.12. The van der Waals surface area contributed by atoms with Gasteiger partial charge in [0.1, 0.15) is 0 Å². The number of hydrogen-bond acceptors (Lipinski definition) is 5. The third kappa shape index (κ3) is 3.67. The number of hydrogen-bond donors (Lipinski definition) is 0. The van der Waals surface area contributed by atoms with Crippen molar-refractivity contribution in [3.63, 3.8) is 0 Å². The van der Waals surface area contributed by atoms with Gasteiger partial charge >= 0.3 is 5.97 Å². The number of para-hydroxylation sites is 1. The molecule has 0 saturated heterocycles. The minimum absolute atomic E-state index is 0.224. The third-order valence-electron chi connectivity index (χ3n) is 5.89. The number of rotatable bonds is 4. The van der Waals surface area contributed by atoms with Crippen LogP contribution < -0.4 is 9.80 Å². The molecule has 0 spiro atoms. The van der Waals surface area contributed by atoms with Crippen molar-refractivity contribution in [3.8, 4) is 0 Å². The number of amides is 3. The number of benzene rings is 3. The number of imide groups is 1. The fourth-order valence-electron chi connectivity index (χ4n) is 4.25. The first-order valence-corrected chi connectivity index (χ1v) is 10.7. The lowest BCUT2D eigenvalue weighted by molar-refractivity contribution is -0.121. The molecule has 0 unspecified atom stereocenters. The summed E-state index contributed by atoms with van der Waals surface area (Å²) in [6, 6.07) is 20.3. The van der Waals surface area contributed by atoms with E-state index in [-0.39, 0.29) is 18.1 Å². The summed E-state index contributed by atoms with van der Waals surface area (Å²) in [5, 5.41) is 0. The summed E-state index contributed by atoms with van der Waals surface area (Å²) < 4.78 is 5.24. The smallest absolute Gasteiger partial charge is 0.338 e. The highest BCUT2D eigenvalue weighted by Crippen LogP contribution is 2.29. The van der Waals surface area contributed by atoms with Crippen molar-refractivity contribution in [2.75, 3.05) is 23.0 Å². The fourth-order valence-corrected chi connectivity index (χ4v) is 4.25. The second kappa shape index (κ2) is 8.35. The van der Waals surface area contributed by atoms with Gasteiger partial charge in [0.25, 0.3) is 17.7 Å². The number of aryl methyl sites for hydroxylation is 1. The van der Waals surface area contributed by atoms with Crippen LogP contribution in [0.25, 0.3) is 0 Å². The van der Waals surface area contributed by atoms with Crippen LogP contribution in [0.15, 0.2) is 72.8 Å². The lowest BCUT2D eigenvalue weighted by atomic mass is 10.0. The molecule has 164 valence electrons. The van der Waals surface area contributed by atoms with Crippen LogP contribution >= 0.6 is 0 Å². The lowest BCUT2D eigenvalue weighted by Gasteiger charge is -2.29. The van der Waals surface area contributed by atoms with Crippen molar-refractivity contribution in [2.24, 2.45) is 0 Å². The number of nitrogens with zero attached hydrogens (tertiary/aromatic N) is 2. The Labute approximate surface area is 190 Å².